The van der Waals surface area contributed by atoms with E-state index in [0.717, 1.165) is 22.4 Å². The fourth-order valence-corrected chi connectivity index (χ4v) is 2.58. The van der Waals surface area contributed by atoms with Crippen LogP contribution in [0.15, 0.2) is 42.9 Å². The first-order valence-electron chi connectivity index (χ1n) is 6.43. The zero-order chi connectivity index (χ0) is 14.1. The zero-order valence-electron chi connectivity index (χ0n) is 11.3. The monoisotopic (exact) mass is 286 g/mol. The number of aromatic nitrogens is 3. The van der Waals surface area contributed by atoms with Crippen LogP contribution in [0.1, 0.15) is 18.8 Å². The number of hydrogen-bond donors (Lipinski definition) is 1. The molecule has 0 aliphatic heterocycles. The second-order valence-electron chi connectivity index (χ2n) is 4.79. The summed E-state index contributed by atoms with van der Waals surface area (Å²) in [6.07, 6.45) is 5.51. The molecule has 0 saturated heterocycles. The van der Waals surface area contributed by atoms with Gasteiger partial charge in [0, 0.05) is 36.0 Å². The topological polar surface area (TPSA) is 42.7 Å². The molecular weight excluding hydrogens is 272 g/mol. The predicted octanol–water partition coefficient (Wildman–Crippen LogP) is 3.79. The Bertz CT molecular complexity index is 750. The Morgan fingerprint density at radius 1 is 1.25 bits per heavy atom. The van der Waals surface area contributed by atoms with Crippen LogP contribution in [-0.2, 0) is 7.05 Å². The highest BCUT2D eigenvalue weighted by atomic mass is 35.5. The molecule has 0 bridgehead atoms. The highest BCUT2D eigenvalue weighted by Gasteiger charge is 2.12. The van der Waals surface area contributed by atoms with Crippen molar-refractivity contribution in [1.29, 1.82) is 0 Å². The summed E-state index contributed by atoms with van der Waals surface area (Å²) >= 11 is 6.17. The van der Waals surface area contributed by atoms with Gasteiger partial charge in [0.1, 0.15) is 5.82 Å². The highest BCUT2D eigenvalue weighted by molar-refractivity contribution is 6.31. The van der Waals surface area contributed by atoms with Crippen LogP contribution in [0.2, 0.25) is 5.02 Å². The van der Waals surface area contributed by atoms with Crippen molar-refractivity contribution in [3.63, 3.8) is 0 Å². The molecule has 1 aromatic carbocycles. The first-order valence-corrected chi connectivity index (χ1v) is 6.81. The number of aryl methyl sites for hydroxylation is 1. The van der Waals surface area contributed by atoms with Gasteiger partial charge in [-0.2, -0.15) is 0 Å². The lowest BCUT2D eigenvalue weighted by molar-refractivity contribution is 0.722. The smallest absolute Gasteiger partial charge is 0.130 e. The molecule has 1 N–H and O–H groups in total. The fourth-order valence-electron chi connectivity index (χ4n) is 2.36. The normalized spacial score (nSPS) is 12.6. The second-order valence-corrected chi connectivity index (χ2v) is 5.23. The van der Waals surface area contributed by atoms with Gasteiger partial charge in [-0.1, -0.05) is 17.7 Å². The van der Waals surface area contributed by atoms with Gasteiger partial charge >= 0.3 is 0 Å². The molecule has 2 aromatic heterocycles. The number of rotatable bonds is 3. The van der Waals surface area contributed by atoms with Crippen molar-refractivity contribution in [2.75, 3.05) is 5.32 Å². The Hall–Kier alpha value is -2.07. The van der Waals surface area contributed by atoms with Crippen molar-refractivity contribution in [3.05, 3.63) is 53.7 Å². The molecule has 5 heteroatoms. The molecule has 102 valence electrons. The van der Waals surface area contributed by atoms with Gasteiger partial charge in [0.2, 0.25) is 0 Å². The Morgan fingerprint density at radius 2 is 2.10 bits per heavy atom. The summed E-state index contributed by atoms with van der Waals surface area (Å²) in [4.78, 5) is 8.79. The van der Waals surface area contributed by atoms with Gasteiger partial charge in [-0.3, -0.25) is 4.98 Å². The molecule has 1 atom stereocenters. The van der Waals surface area contributed by atoms with Crippen LogP contribution in [0.5, 0.6) is 0 Å². The van der Waals surface area contributed by atoms with Crippen LogP contribution < -0.4 is 5.32 Å². The summed E-state index contributed by atoms with van der Waals surface area (Å²) in [5.74, 6) is 0.967. The maximum atomic E-state index is 6.17. The number of nitrogens with one attached hydrogen (secondary N) is 1. The van der Waals surface area contributed by atoms with Crippen molar-refractivity contribution in [2.24, 2.45) is 7.05 Å². The standard InChI is InChI=1S/C15H15ClN4/c1-10(15-18-6-7-20(15)2)19-13-9-12(16)8-11-4-3-5-17-14(11)13/h3-10,19H,1-2H3. The lowest BCUT2D eigenvalue weighted by atomic mass is 10.1. The molecule has 0 radical (unpaired) electrons. The van der Waals surface area contributed by atoms with E-state index in [9.17, 15) is 0 Å². The van der Waals surface area contributed by atoms with E-state index < -0.39 is 0 Å². The molecule has 1 unspecified atom stereocenters. The van der Waals surface area contributed by atoms with E-state index in [1.54, 1.807) is 12.4 Å². The van der Waals surface area contributed by atoms with E-state index in [1.807, 2.05) is 42.1 Å². The van der Waals surface area contributed by atoms with Gasteiger partial charge in [-0.25, -0.2) is 4.98 Å². The van der Waals surface area contributed by atoms with Gasteiger partial charge in [0.05, 0.1) is 17.2 Å². The summed E-state index contributed by atoms with van der Waals surface area (Å²) in [7, 11) is 1.98. The van der Waals surface area contributed by atoms with Crippen LogP contribution in [0.3, 0.4) is 0 Å². The number of benzene rings is 1. The zero-order valence-corrected chi connectivity index (χ0v) is 12.1. The molecule has 0 saturated carbocycles. The van der Waals surface area contributed by atoms with Crippen molar-refractivity contribution < 1.29 is 0 Å². The maximum Gasteiger partial charge on any atom is 0.130 e. The van der Waals surface area contributed by atoms with Crippen LogP contribution in [-0.4, -0.2) is 14.5 Å². The van der Waals surface area contributed by atoms with Gasteiger partial charge in [0.15, 0.2) is 0 Å². The number of fused-ring (bicyclic) bond motifs is 1. The first-order chi connectivity index (χ1) is 9.65. The van der Waals surface area contributed by atoms with E-state index in [4.69, 9.17) is 11.6 Å². The van der Waals surface area contributed by atoms with Crippen LogP contribution in [0.4, 0.5) is 5.69 Å². The molecule has 20 heavy (non-hydrogen) atoms. The van der Waals surface area contributed by atoms with Gasteiger partial charge in [-0.15, -0.1) is 0 Å². The number of halogens is 1. The average Bonchev–Trinajstić information content (AvgIpc) is 2.85. The third-order valence-corrected chi connectivity index (χ3v) is 3.51. The third kappa shape index (κ3) is 2.34. The summed E-state index contributed by atoms with van der Waals surface area (Å²) in [5, 5.41) is 5.16. The molecule has 0 fully saturated rings. The summed E-state index contributed by atoms with van der Waals surface area (Å²) in [6.45, 7) is 2.07. The van der Waals surface area contributed by atoms with Crippen molar-refractivity contribution in [2.45, 2.75) is 13.0 Å². The molecule has 0 aliphatic carbocycles. The summed E-state index contributed by atoms with van der Waals surface area (Å²) in [5.41, 5.74) is 1.83. The first kappa shape index (κ1) is 12.9. The molecule has 0 aliphatic rings. The number of anilines is 1. The molecule has 0 amide bonds. The second kappa shape index (κ2) is 5.13. The minimum absolute atomic E-state index is 0.0682. The fraction of sp³-hybridized carbons (Fsp3) is 0.200. The van der Waals surface area contributed by atoms with Crippen molar-refractivity contribution in [3.8, 4) is 0 Å². The molecule has 2 heterocycles. The summed E-state index contributed by atoms with van der Waals surface area (Å²) in [6, 6.07) is 7.80. The minimum Gasteiger partial charge on any atom is -0.374 e. The molecule has 4 nitrogen and oxygen atoms in total. The van der Waals surface area contributed by atoms with Crippen molar-refractivity contribution >= 4 is 28.2 Å². The van der Waals surface area contributed by atoms with Gasteiger partial charge < -0.3 is 9.88 Å². The van der Waals surface area contributed by atoms with Crippen molar-refractivity contribution in [1.82, 2.24) is 14.5 Å². The van der Waals surface area contributed by atoms with Gasteiger partial charge in [-0.05, 0) is 25.1 Å². The highest BCUT2D eigenvalue weighted by Crippen LogP contribution is 2.28. The Balaban J connectivity index is 2.00. The minimum atomic E-state index is 0.0682. The average molecular weight is 287 g/mol. The Morgan fingerprint density at radius 3 is 2.85 bits per heavy atom. The molecular formula is C15H15ClN4. The van der Waals surface area contributed by atoms with Crippen LogP contribution in [0.25, 0.3) is 10.9 Å². The van der Waals surface area contributed by atoms with E-state index in [0.29, 0.717) is 5.02 Å². The quantitative estimate of drug-likeness (QED) is 0.796. The predicted molar refractivity (Wildman–Crippen MR) is 82.0 cm³/mol. The van der Waals surface area contributed by atoms with Crippen LogP contribution >= 0.6 is 11.6 Å². The van der Waals surface area contributed by atoms with Crippen LogP contribution in [0, 0.1) is 0 Å². The number of pyridine rings is 1. The maximum absolute atomic E-state index is 6.17. The number of imidazole rings is 1. The lowest BCUT2D eigenvalue weighted by Gasteiger charge is -2.16. The van der Waals surface area contributed by atoms with E-state index in [1.165, 1.54) is 0 Å². The SMILES string of the molecule is CC(Nc1cc(Cl)cc2cccnc12)c1nccn1C. The van der Waals surface area contributed by atoms with Gasteiger partial charge in [0.25, 0.3) is 0 Å². The molecule has 0 spiro atoms. The van der Waals surface area contributed by atoms with E-state index >= 15 is 0 Å². The molecule has 3 rings (SSSR count). The number of hydrogen-bond acceptors (Lipinski definition) is 3. The summed E-state index contributed by atoms with van der Waals surface area (Å²) < 4.78 is 2.00. The largest absolute Gasteiger partial charge is 0.374 e. The Kier molecular flexibility index (Phi) is 3.32. The number of nitrogens with zero attached hydrogens (tertiary/aromatic N) is 3. The Labute approximate surface area is 122 Å². The van der Waals surface area contributed by atoms with E-state index in [-0.39, 0.29) is 6.04 Å². The third-order valence-electron chi connectivity index (χ3n) is 3.29. The lowest BCUT2D eigenvalue weighted by Crippen LogP contribution is -2.12. The molecule has 3 aromatic rings. The van der Waals surface area contributed by atoms with E-state index in [2.05, 4.69) is 22.2 Å².